The number of hydrogen-bond acceptors (Lipinski definition) is 3. The number of carbonyl (C=O) groups is 1. The Balaban J connectivity index is 3.08. The maximum absolute atomic E-state index is 12.3. The predicted octanol–water partition coefficient (Wildman–Crippen LogP) is 2.27. The summed E-state index contributed by atoms with van der Waals surface area (Å²) in [6.45, 7) is 2.71. The zero-order valence-corrected chi connectivity index (χ0v) is 10.9. The summed E-state index contributed by atoms with van der Waals surface area (Å²) < 4.78 is 14.8. The van der Waals surface area contributed by atoms with Crippen molar-refractivity contribution in [1.82, 2.24) is 5.32 Å². The molecular formula is C13H18ClNO2. The molecule has 0 radical (unpaired) electrons. The van der Waals surface area contributed by atoms with Gasteiger partial charge in [-0.05, 0) is 32.9 Å². The molecule has 17 heavy (non-hydrogen) atoms. The Hall–Kier alpha value is -0.900. The van der Waals surface area contributed by atoms with E-state index in [4.69, 9.17) is 14.3 Å². The first kappa shape index (κ1) is 11.2. The Labute approximate surface area is 110 Å². The van der Waals surface area contributed by atoms with Gasteiger partial charge in [-0.15, -0.1) is 0 Å². The van der Waals surface area contributed by atoms with Crippen LogP contribution < -0.4 is 5.32 Å². The molecule has 0 spiro atoms. The molecule has 0 heterocycles. The molecule has 0 aliphatic carbocycles. The van der Waals surface area contributed by atoms with E-state index >= 15 is 0 Å². The van der Waals surface area contributed by atoms with E-state index < -0.39 is 23.9 Å². The number of benzene rings is 1. The lowest BCUT2D eigenvalue weighted by atomic mass is 10.0. The number of aliphatic hydroxyl groups is 1. The Morgan fingerprint density at radius 1 is 1.59 bits per heavy atom. The summed E-state index contributed by atoms with van der Waals surface area (Å²) in [7, 11) is 0. The van der Waals surface area contributed by atoms with Crippen molar-refractivity contribution in [2.24, 2.45) is 0 Å². The van der Waals surface area contributed by atoms with Crippen molar-refractivity contribution in [2.45, 2.75) is 32.4 Å². The molecule has 0 bridgehead atoms. The molecule has 0 saturated carbocycles. The summed E-state index contributed by atoms with van der Waals surface area (Å²) in [5.41, 5.74) is -0.262. The van der Waals surface area contributed by atoms with Crippen molar-refractivity contribution in [3.05, 3.63) is 34.9 Å². The molecular weight excluding hydrogens is 238 g/mol. The van der Waals surface area contributed by atoms with Crippen molar-refractivity contribution < 1.29 is 12.6 Å². The minimum absolute atomic E-state index is 0.257. The van der Waals surface area contributed by atoms with E-state index in [-0.39, 0.29) is 5.56 Å². The van der Waals surface area contributed by atoms with Gasteiger partial charge >= 0.3 is 0 Å². The van der Waals surface area contributed by atoms with Crippen molar-refractivity contribution in [3.8, 4) is 0 Å². The van der Waals surface area contributed by atoms with Crippen LogP contribution in [0.1, 0.15) is 33.9 Å². The fraction of sp³-hybridized carbons (Fsp3) is 0.462. The monoisotopic (exact) mass is 257 g/mol. The van der Waals surface area contributed by atoms with Crippen molar-refractivity contribution >= 4 is 17.4 Å². The lowest BCUT2D eigenvalue weighted by Crippen LogP contribution is -2.49. The SMILES string of the molecule is [2H]C([2H])(O)C(NC(C)(C)C)C(=O)c1cccc(Cl)c1. The Bertz CT molecular complexity index is 466. The van der Waals surface area contributed by atoms with Crippen LogP contribution >= 0.6 is 11.6 Å². The van der Waals surface area contributed by atoms with E-state index in [1.54, 1.807) is 32.9 Å². The predicted molar refractivity (Wildman–Crippen MR) is 69.5 cm³/mol. The number of Topliss-reactive ketones (excluding diaryl/α,β-unsaturated/α-hetero) is 1. The summed E-state index contributed by atoms with van der Waals surface area (Å²) in [5, 5.41) is 12.7. The molecule has 0 aliphatic heterocycles. The highest BCUT2D eigenvalue weighted by Gasteiger charge is 2.23. The fourth-order valence-electron chi connectivity index (χ4n) is 1.40. The van der Waals surface area contributed by atoms with E-state index in [1.807, 2.05) is 0 Å². The molecule has 0 aromatic heterocycles. The Kier molecular flexibility index (Phi) is 3.71. The van der Waals surface area contributed by atoms with Gasteiger partial charge in [0.15, 0.2) is 5.78 Å². The average Bonchev–Trinajstić information content (AvgIpc) is 2.22. The standard InChI is InChI=1S/C13H18ClNO2/c1-13(2,3)15-11(8-16)12(17)9-5-4-6-10(14)7-9/h4-7,11,15-16H,8H2,1-3H3/i8D2. The van der Waals surface area contributed by atoms with Gasteiger partial charge in [0.25, 0.3) is 0 Å². The quantitative estimate of drug-likeness (QED) is 0.814. The maximum atomic E-state index is 12.3. The summed E-state index contributed by atoms with van der Waals surface area (Å²) in [4.78, 5) is 12.3. The molecule has 1 rings (SSSR count). The Morgan fingerprint density at radius 2 is 2.24 bits per heavy atom. The van der Waals surface area contributed by atoms with Crippen molar-refractivity contribution in [1.29, 1.82) is 0 Å². The van der Waals surface area contributed by atoms with Gasteiger partial charge in [-0.3, -0.25) is 4.79 Å². The highest BCUT2D eigenvalue weighted by atomic mass is 35.5. The third-order valence-electron chi connectivity index (χ3n) is 2.08. The van der Waals surface area contributed by atoms with Gasteiger partial charge in [-0.2, -0.15) is 0 Å². The van der Waals surface area contributed by atoms with E-state index in [2.05, 4.69) is 5.32 Å². The van der Waals surface area contributed by atoms with Crippen LogP contribution in [0.3, 0.4) is 0 Å². The third kappa shape index (κ3) is 4.46. The molecule has 0 amide bonds. The summed E-state index contributed by atoms with van der Waals surface area (Å²) in [6, 6.07) is 4.87. The lowest BCUT2D eigenvalue weighted by Gasteiger charge is -2.26. The van der Waals surface area contributed by atoms with Crippen LogP contribution in [0.4, 0.5) is 0 Å². The van der Waals surface area contributed by atoms with Gasteiger partial charge in [0.05, 0.1) is 15.3 Å². The van der Waals surface area contributed by atoms with E-state index in [1.165, 1.54) is 12.1 Å². The molecule has 3 nitrogen and oxygen atoms in total. The second-order valence-electron chi connectivity index (χ2n) is 4.83. The van der Waals surface area contributed by atoms with Crippen LogP contribution in [0, 0.1) is 0 Å². The van der Waals surface area contributed by atoms with E-state index in [0.29, 0.717) is 5.02 Å². The van der Waals surface area contributed by atoms with Crippen LogP contribution in [-0.2, 0) is 0 Å². The zero-order valence-electron chi connectivity index (χ0n) is 12.1. The van der Waals surface area contributed by atoms with Crippen molar-refractivity contribution in [2.75, 3.05) is 6.56 Å². The normalized spacial score (nSPS) is 16.1. The lowest BCUT2D eigenvalue weighted by molar-refractivity contribution is 0.0873. The number of halogens is 1. The molecule has 0 saturated heterocycles. The van der Waals surface area contributed by atoms with Crippen LogP contribution in [0.5, 0.6) is 0 Å². The number of nitrogens with one attached hydrogen (secondary N) is 1. The zero-order chi connectivity index (χ0) is 14.8. The second-order valence-corrected chi connectivity index (χ2v) is 5.27. The van der Waals surface area contributed by atoms with Crippen LogP contribution in [-0.4, -0.2) is 29.0 Å². The van der Waals surface area contributed by atoms with Gasteiger partial charge in [0.1, 0.15) is 0 Å². The van der Waals surface area contributed by atoms with Crippen LogP contribution in [0.25, 0.3) is 0 Å². The topological polar surface area (TPSA) is 49.3 Å². The van der Waals surface area contributed by atoms with E-state index in [0.717, 1.165) is 0 Å². The highest BCUT2D eigenvalue weighted by Crippen LogP contribution is 2.13. The maximum Gasteiger partial charge on any atom is 0.182 e. The van der Waals surface area contributed by atoms with E-state index in [9.17, 15) is 9.90 Å². The first-order valence-electron chi connectivity index (χ1n) is 6.30. The molecule has 2 N–H and O–H groups in total. The molecule has 1 atom stereocenters. The molecule has 4 heteroatoms. The van der Waals surface area contributed by atoms with Crippen LogP contribution in [0.15, 0.2) is 24.3 Å². The minimum Gasteiger partial charge on any atom is -0.394 e. The average molecular weight is 258 g/mol. The van der Waals surface area contributed by atoms with Crippen molar-refractivity contribution in [3.63, 3.8) is 0 Å². The minimum atomic E-state index is -2.66. The first-order chi connectivity index (χ1) is 8.50. The summed E-state index contributed by atoms with van der Waals surface area (Å²) >= 11 is 5.81. The van der Waals surface area contributed by atoms with Gasteiger partial charge in [-0.25, -0.2) is 0 Å². The highest BCUT2D eigenvalue weighted by molar-refractivity contribution is 6.31. The number of hydrogen-bond donors (Lipinski definition) is 2. The molecule has 0 fully saturated rings. The summed E-state index contributed by atoms with van der Waals surface area (Å²) in [6.07, 6.45) is 0. The molecule has 94 valence electrons. The molecule has 1 aromatic carbocycles. The van der Waals surface area contributed by atoms with Crippen LogP contribution in [0.2, 0.25) is 5.02 Å². The molecule has 0 aliphatic rings. The smallest absolute Gasteiger partial charge is 0.182 e. The number of rotatable bonds is 4. The third-order valence-corrected chi connectivity index (χ3v) is 2.31. The largest absolute Gasteiger partial charge is 0.394 e. The first-order valence-corrected chi connectivity index (χ1v) is 5.68. The second kappa shape index (κ2) is 5.63. The number of ketones is 1. The number of carbonyl (C=O) groups excluding carboxylic acids is 1. The molecule has 1 unspecified atom stereocenters. The molecule has 1 aromatic rings. The fourth-order valence-corrected chi connectivity index (χ4v) is 1.59. The Morgan fingerprint density at radius 3 is 2.71 bits per heavy atom. The summed E-state index contributed by atoms with van der Waals surface area (Å²) in [5.74, 6) is -0.537. The van der Waals surface area contributed by atoms with Gasteiger partial charge in [0.2, 0.25) is 0 Å². The van der Waals surface area contributed by atoms with Gasteiger partial charge < -0.3 is 10.4 Å². The van der Waals surface area contributed by atoms with Gasteiger partial charge in [0, 0.05) is 16.1 Å². The van der Waals surface area contributed by atoms with Gasteiger partial charge in [-0.1, -0.05) is 23.7 Å².